The zero-order chi connectivity index (χ0) is 14.3. The molecule has 19 heavy (non-hydrogen) atoms. The maximum absolute atomic E-state index is 12.1. The van der Waals surface area contributed by atoms with Crippen molar-refractivity contribution in [3.8, 4) is 0 Å². The van der Waals surface area contributed by atoms with Gasteiger partial charge in [0.1, 0.15) is 6.54 Å². The molecular formula is C13H18N2O4. The molecule has 6 nitrogen and oxygen atoms in total. The first-order chi connectivity index (χ1) is 9.04. The molecule has 1 aromatic carbocycles. The lowest BCUT2D eigenvalue weighted by Gasteiger charge is -2.26. The summed E-state index contributed by atoms with van der Waals surface area (Å²) in [5.74, 6) is -1.07. The monoisotopic (exact) mass is 266 g/mol. The Kier molecular flexibility index (Phi) is 5.81. The second-order valence-corrected chi connectivity index (χ2v) is 4.16. The molecule has 0 radical (unpaired) electrons. The number of urea groups is 1. The number of carbonyl (C=O) groups is 2. The molecule has 0 atom stereocenters. The van der Waals surface area contributed by atoms with Crippen LogP contribution in [0.15, 0.2) is 30.3 Å². The second-order valence-electron chi connectivity index (χ2n) is 4.16. The van der Waals surface area contributed by atoms with Gasteiger partial charge in [-0.1, -0.05) is 30.3 Å². The highest BCUT2D eigenvalue weighted by atomic mass is 16.4. The van der Waals surface area contributed by atoms with Crippen LogP contribution in [-0.4, -0.2) is 58.8 Å². The number of hydrogen-bond acceptors (Lipinski definition) is 3. The summed E-state index contributed by atoms with van der Waals surface area (Å²) in [5.41, 5.74) is 0.924. The van der Waals surface area contributed by atoms with Gasteiger partial charge in [0.05, 0.1) is 6.61 Å². The average molecular weight is 266 g/mol. The van der Waals surface area contributed by atoms with E-state index in [1.54, 1.807) is 0 Å². The fraction of sp³-hybridized carbons (Fsp3) is 0.385. The number of carboxylic acids is 1. The number of aliphatic hydroxyl groups excluding tert-OH is 1. The number of amides is 2. The molecule has 0 bridgehead atoms. The van der Waals surface area contributed by atoms with E-state index in [1.165, 1.54) is 11.9 Å². The molecule has 0 saturated carbocycles. The van der Waals surface area contributed by atoms with Gasteiger partial charge in [-0.2, -0.15) is 0 Å². The molecule has 0 saturated heterocycles. The summed E-state index contributed by atoms with van der Waals surface area (Å²) in [6.45, 7) is -0.0308. The maximum atomic E-state index is 12.1. The van der Waals surface area contributed by atoms with E-state index < -0.39 is 12.0 Å². The summed E-state index contributed by atoms with van der Waals surface area (Å²) in [4.78, 5) is 25.2. The lowest BCUT2D eigenvalue weighted by atomic mass is 10.2. The van der Waals surface area contributed by atoms with Crippen molar-refractivity contribution in [2.24, 2.45) is 0 Å². The Morgan fingerprint density at radius 2 is 1.84 bits per heavy atom. The molecule has 0 aromatic heterocycles. The molecule has 1 aromatic rings. The van der Waals surface area contributed by atoms with Gasteiger partial charge < -0.3 is 20.0 Å². The first-order valence-corrected chi connectivity index (χ1v) is 5.91. The van der Waals surface area contributed by atoms with Gasteiger partial charge in [-0.3, -0.25) is 4.79 Å². The smallest absolute Gasteiger partial charge is 0.323 e. The van der Waals surface area contributed by atoms with Crippen molar-refractivity contribution in [2.45, 2.75) is 6.54 Å². The third kappa shape index (κ3) is 4.97. The van der Waals surface area contributed by atoms with Crippen LogP contribution >= 0.6 is 0 Å². The molecule has 0 spiro atoms. The molecule has 0 heterocycles. The minimum atomic E-state index is -1.07. The minimum Gasteiger partial charge on any atom is -0.480 e. The van der Waals surface area contributed by atoms with E-state index >= 15 is 0 Å². The highest BCUT2D eigenvalue weighted by Gasteiger charge is 2.19. The Labute approximate surface area is 111 Å². The van der Waals surface area contributed by atoms with Crippen LogP contribution in [0, 0.1) is 0 Å². The lowest BCUT2D eigenvalue weighted by Crippen LogP contribution is -2.44. The number of nitrogens with zero attached hydrogens (tertiary/aromatic N) is 2. The molecule has 0 unspecified atom stereocenters. The van der Waals surface area contributed by atoms with E-state index in [-0.39, 0.29) is 19.7 Å². The summed E-state index contributed by atoms with van der Waals surface area (Å²) in [7, 11) is 1.42. The van der Waals surface area contributed by atoms with Crippen LogP contribution in [-0.2, 0) is 11.3 Å². The summed E-state index contributed by atoms with van der Waals surface area (Å²) in [5, 5.41) is 17.7. The quantitative estimate of drug-likeness (QED) is 0.790. The van der Waals surface area contributed by atoms with Gasteiger partial charge in [0, 0.05) is 20.1 Å². The van der Waals surface area contributed by atoms with E-state index in [0.29, 0.717) is 6.54 Å². The fourth-order valence-electron chi connectivity index (χ4n) is 1.68. The van der Waals surface area contributed by atoms with Crippen LogP contribution in [0.2, 0.25) is 0 Å². The van der Waals surface area contributed by atoms with Crippen molar-refractivity contribution < 1.29 is 19.8 Å². The molecular weight excluding hydrogens is 248 g/mol. The fourth-order valence-corrected chi connectivity index (χ4v) is 1.68. The van der Waals surface area contributed by atoms with Crippen LogP contribution in [0.4, 0.5) is 4.79 Å². The Morgan fingerprint density at radius 1 is 1.21 bits per heavy atom. The molecule has 104 valence electrons. The maximum Gasteiger partial charge on any atom is 0.323 e. The van der Waals surface area contributed by atoms with Crippen molar-refractivity contribution in [1.29, 1.82) is 0 Å². The van der Waals surface area contributed by atoms with E-state index in [9.17, 15) is 9.59 Å². The van der Waals surface area contributed by atoms with Gasteiger partial charge in [0.25, 0.3) is 0 Å². The van der Waals surface area contributed by atoms with E-state index in [2.05, 4.69) is 0 Å². The van der Waals surface area contributed by atoms with E-state index in [4.69, 9.17) is 10.2 Å². The number of carboxylic acid groups (broad SMARTS) is 1. The van der Waals surface area contributed by atoms with Crippen molar-refractivity contribution in [2.75, 3.05) is 26.7 Å². The zero-order valence-electron chi connectivity index (χ0n) is 10.8. The van der Waals surface area contributed by atoms with Crippen LogP contribution < -0.4 is 0 Å². The molecule has 0 aliphatic heterocycles. The van der Waals surface area contributed by atoms with Gasteiger partial charge >= 0.3 is 12.0 Å². The highest BCUT2D eigenvalue weighted by molar-refractivity contribution is 5.79. The normalized spacial score (nSPS) is 10.0. The summed E-state index contributed by atoms with van der Waals surface area (Å²) < 4.78 is 0. The Bertz CT molecular complexity index is 422. The standard InChI is InChI=1S/C13H18N2O4/c1-14(10-12(17)18)13(19)15(7-8-16)9-11-5-3-2-4-6-11/h2-6,16H,7-10H2,1H3,(H,17,18). The van der Waals surface area contributed by atoms with Gasteiger partial charge in [-0.25, -0.2) is 4.79 Å². The van der Waals surface area contributed by atoms with Crippen LogP contribution in [0.5, 0.6) is 0 Å². The molecule has 1 rings (SSSR count). The van der Waals surface area contributed by atoms with Gasteiger partial charge in [0.2, 0.25) is 0 Å². The second kappa shape index (κ2) is 7.38. The summed E-state index contributed by atoms with van der Waals surface area (Å²) >= 11 is 0. The SMILES string of the molecule is CN(CC(=O)O)C(=O)N(CCO)Cc1ccccc1. The number of rotatable bonds is 6. The van der Waals surface area contributed by atoms with Crippen molar-refractivity contribution in [3.05, 3.63) is 35.9 Å². The Hall–Kier alpha value is -2.08. The first kappa shape index (κ1) is 15.0. The predicted molar refractivity (Wildman–Crippen MR) is 69.6 cm³/mol. The molecule has 0 aliphatic carbocycles. The van der Waals surface area contributed by atoms with Crippen LogP contribution in [0.1, 0.15) is 5.56 Å². The summed E-state index contributed by atoms with van der Waals surface area (Å²) in [6, 6.07) is 8.91. The molecule has 2 N–H and O–H groups in total. The van der Waals surface area contributed by atoms with Crippen LogP contribution in [0.25, 0.3) is 0 Å². The van der Waals surface area contributed by atoms with Crippen molar-refractivity contribution in [1.82, 2.24) is 9.80 Å². The minimum absolute atomic E-state index is 0.164. The average Bonchev–Trinajstić information content (AvgIpc) is 2.38. The van der Waals surface area contributed by atoms with Crippen molar-refractivity contribution in [3.63, 3.8) is 0 Å². The van der Waals surface area contributed by atoms with E-state index in [0.717, 1.165) is 10.5 Å². The van der Waals surface area contributed by atoms with Gasteiger partial charge in [0.15, 0.2) is 0 Å². The number of carbonyl (C=O) groups excluding carboxylic acids is 1. The van der Waals surface area contributed by atoms with Crippen molar-refractivity contribution >= 4 is 12.0 Å². The Balaban J connectivity index is 2.71. The van der Waals surface area contributed by atoms with E-state index in [1.807, 2.05) is 30.3 Å². The Morgan fingerprint density at radius 3 is 2.37 bits per heavy atom. The highest BCUT2D eigenvalue weighted by Crippen LogP contribution is 2.06. The topological polar surface area (TPSA) is 81.1 Å². The molecule has 0 fully saturated rings. The van der Waals surface area contributed by atoms with Gasteiger partial charge in [-0.15, -0.1) is 0 Å². The largest absolute Gasteiger partial charge is 0.480 e. The molecule has 2 amide bonds. The summed E-state index contributed by atoms with van der Waals surface area (Å²) in [6.07, 6.45) is 0. The number of aliphatic carboxylic acids is 1. The predicted octanol–water partition coefficient (Wildman–Crippen LogP) is 0.617. The zero-order valence-corrected chi connectivity index (χ0v) is 10.8. The number of likely N-dealkylation sites (N-methyl/N-ethyl adjacent to an activating group) is 1. The number of hydrogen-bond donors (Lipinski definition) is 2. The number of benzene rings is 1. The molecule has 0 aliphatic rings. The third-order valence-electron chi connectivity index (χ3n) is 2.56. The van der Waals surface area contributed by atoms with Crippen LogP contribution in [0.3, 0.4) is 0 Å². The lowest BCUT2D eigenvalue weighted by molar-refractivity contribution is -0.137. The third-order valence-corrected chi connectivity index (χ3v) is 2.56. The molecule has 6 heteroatoms. The number of aliphatic hydroxyl groups is 1. The first-order valence-electron chi connectivity index (χ1n) is 5.91. The van der Waals surface area contributed by atoms with Gasteiger partial charge in [-0.05, 0) is 5.56 Å².